The van der Waals surface area contributed by atoms with Crippen LogP contribution in [0.3, 0.4) is 0 Å². The zero-order valence-corrected chi connectivity index (χ0v) is 11.7. The fourth-order valence-electron chi connectivity index (χ4n) is 2.85. The summed E-state index contributed by atoms with van der Waals surface area (Å²) in [4.78, 5) is 11.4. The molecule has 0 radical (unpaired) electrons. The van der Waals surface area contributed by atoms with Crippen LogP contribution in [0.2, 0.25) is 0 Å². The number of hydrogen-bond acceptors (Lipinski definition) is 2. The lowest BCUT2D eigenvalue weighted by Crippen LogP contribution is -2.03. The third-order valence-electron chi connectivity index (χ3n) is 3.82. The lowest BCUT2D eigenvalue weighted by molar-refractivity contribution is 0.0698. The van der Waals surface area contributed by atoms with Gasteiger partial charge in [-0.1, -0.05) is 30.3 Å². The van der Waals surface area contributed by atoms with Gasteiger partial charge in [-0.2, -0.15) is 0 Å². The predicted molar refractivity (Wildman–Crippen MR) is 84.2 cm³/mol. The van der Waals surface area contributed by atoms with Crippen molar-refractivity contribution in [3.63, 3.8) is 0 Å². The molecule has 4 heteroatoms. The fourth-order valence-corrected chi connectivity index (χ4v) is 2.85. The van der Waals surface area contributed by atoms with E-state index in [0.29, 0.717) is 12.1 Å². The zero-order chi connectivity index (χ0) is 15.1. The Morgan fingerprint density at radius 2 is 1.86 bits per heavy atom. The molecule has 0 bridgehead atoms. The van der Waals surface area contributed by atoms with Crippen molar-refractivity contribution in [1.82, 2.24) is 4.57 Å². The Labute approximate surface area is 126 Å². The van der Waals surface area contributed by atoms with Gasteiger partial charge in [-0.25, -0.2) is 4.79 Å². The third-order valence-corrected chi connectivity index (χ3v) is 3.82. The van der Waals surface area contributed by atoms with E-state index in [0.717, 1.165) is 27.6 Å². The molecule has 2 aromatic carbocycles. The van der Waals surface area contributed by atoms with Crippen LogP contribution in [0.15, 0.2) is 65.2 Å². The first kappa shape index (κ1) is 12.7. The summed E-state index contributed by atoms with van der Waals surface area (Å²) in [5.41, 5.74) is 1.86. The molecule has 0 saturated heterocycles. The Hall–Kier alpha value is -3.01. The van der Waals surface area contributed by atoms with E-state index in [-0.39, 0.29) is 0 Å². The Kier molecular flexibility index (Phi) is 2.76. The summed E-state index contributed by atoms with van der Waals surface area (Å²) in [5, 5.41) is 11.3. The molecule has 0 amide bonds. The molecule has 0 spiro atoms. The number of furan rings is 1. The first-order chi connectivity index (χ1) is 10.7. The number of carboxylic acid groups (broad SMARTS) is 1. The maximum Gasteiger partial charge on any atom is 0.337 e. The number of carboxylic acids is 1. The van der Waals surface area contributed by atoms with Crippen LogP contribution in [-0.4, -0.2) is 15.6 Å². The number of benzene rings is 2. The first-order valence-corrected chi connectivity index (χ1v) is 7.01. The van der Waals surface area contributed by atoms with Gasteiger partial charge in [0.25, 0.3) is 0 Å². The van der Waals surface area contributed by atoms with Crippen molar-refractivity contribution < 1.29 is 14.3 Å². The number of carbonyl (C=O) groups is 1. The van der Waals surface area contributed by atoms with Crippen LogP contribution in [0.4, 0.5) is 0 Å². The highest BCUT2D eigenvalue weighted by molar-refractivity contribution is 6.02. The Bertz CT molecular complexity index is 961. The molecule has 2 aromatic heterocycles. The van der Waals surface area contributed by atoms with Crippen molar-refractivity contribution in [2.24, 2.45) is 0 Å². The van der Waals surface area contributed by atoms with E-state index in [1.165, 1.54) is 0 Å². The van der Waals surface area contributed by atoms with Gasteiger partial charge in [0, 0.05) is 17.0 Å². The van der Waals surface area contributed by atoms with Crippen LogP contribution in [0.25, 0.3) is 21.9 Å². The molecule has 0 unspecified atom stereocenters. The van der Waals surface area contributed by atoms with Crippen LogP contribution in [-0.2, 0) is 6.54 Å². The fraction of sp³-hybridized carbons (Fsp3) is 0.0556. The maximum atomic E-state index is 11.4. The van der Waals surface area contributed by atoms with Crippen molar-refractivity contribution in [1.29, 1.82) is 0 Å². The monoisotopic (exact) mass is 291 g/mol. The molecule has 0 aliphatic rings. The highest BCUT2D eigenvalue weighted by Gasteiger charge is 2.13. The van der Waals surface area contributed by atoms with E-state index in [9.17, 15) is 9.90 Å². The summed E-state index contributed by atoms with van der Waals surface area (Å²) in [6.45, 7) is 0.502. The summed E-state index contributed by atoms with van der Waals surface area (Å²) < 4.78 is 7.74. The van der Waals surface area contributed by atoms with Gasteiger partial charge in [-0.05, 0) is 24.3 Å². The minimum absolute atomic E-state index is 0.304. The molecule has 108 valence electrons. The number of hydrogen-bond donors (Lipinski definition) is 1. The number of aromatic carboxylic acids is 1. The van der Waals surface area contributed by atoms with Crippen molar-refractivity contribution in [2.75, 3.05) is 0 Å². The second-order valence-corrected chi connectivity index (χ2v) is 5.24. The van der Waals surface area contributed by atoms with Gasteiger partial charge in [-0.3, -0.25) is 0 Å². The average Bonchev–Trinajstić information content (AvgIpc) is 3.11. The Balaban J connectivity index is 1.82. The molecule has 0 aliphatic heterocycles. The second kappa shape index (κ2) is 4.77. The highest BCUT2D eigenvalue weighted by atomic mass is 16.4. The van der Waals surface area contributed by atoms with E-state index >= 15 is 0 Å². The molecule has 4 aromatic rings. The van der Waals surface area contributed by atoms with Gasteiger partial charge in [0.2, 0.25) is 0 Å². The molecular formula is C18H13NO3. The SMILES string of the molecule is O=C(O)c1cccc2ccn(Cc3cc4ccccc4o3)c12. The van der Waals surface area contributed by atoms with Crippen molar-refractivity contribution in [3.05, 3.63) is 72.1 Å². The van der Waals surface area contributed by atoms with Crippen LogP contribution in [0.1, 0.15) is 16.1 Å². The standard InChI is InChI=1S/C18H13NO3/c20-18(21)15-6-3-5-12-8-9-19(17(12)15)11-14-10-13-4-1-2-7-16(13)22-14/h1-10H,11H2,(H,20,21). The second-order valence-electron chi connectivity index (χ2n) is 5.24. The normalized spacial score (nSPS) is 11.3. The maximum absolute atomic E-state index is 11.4. The number of para-hydroxylation sites is 2. The topological polar surface area (TPSA) is 55.4 Å². The van der Waals surface area contributed by atoms with Crippen molar-refractivity contribution in [3.8, 4) is 0 Å². The summed E-state index contributed by atoms with van der Waals surface area (Å²) in [5.74, 6) is -0.117. The van der Waals surface area contributed by atoms with E-state index in [4.69, 9.17) is 4.42 Å². The van der Waals surface area contributed by atoms with Crippen molar-refractivity contribution >= 4 is 27.8 Å². The first-order valence-electron chi connectivity index (χ1n) is 7.01. The average molecular weight is 291 g/mol. The van der Waals surface area contributed by atoms with Crippen LogP contribution < -0.4 is 0 Å². The Morgan fingerprint density at radius 3 is 2.68 bits per heavy atom. The van der Waals surface area contributed by atoms with E-state index in [1.54, 1.807) is 12.1 Å². The molecule has 0 atom stereocenters. The van der Waals surface area contributed by atoms with E-state index in [2.05, 4.69) is 0 Å². The highest BCUT2D eigenvalue weighted by Crippen LogP contribution is 2.24. The smallest absolute Gasteiger partial charge is 0.337 e. The number of rotatable bonds is 3. The van der Waals surface area contributed by atoms with Gasteiger partial charge in [-0.15, -0.1) is 0 Å². The number of aromatic nitrogens is 1. The minimum Gasteiger partial charge on any atom is -0.478 e. The summed E-state index contributed by atoms with van der Waals surface area (Å²) in [7, 11) is 0. The largest absolute Gasteiger partial charge is 0.478 e. The van der Waals surface area contributed by atoms with Crippen LogP contribution in [0, 0.1) is 0 Å². The summed E-state index contributed by atoms with van der Waals surface area (Å²) in [6, 6.07) is 17.0. The molecule has 2 heterocycles. The molecule has 1 N–H and O–H groups in total. The summed E-state index contributed by atoms with van der Waals surface area (Å²) in [6.07, 6.45) is 1.89. The predicted octanol–water partition coefficient (Wildman–Crippen LogP) is 4.13. The lowest BCUT2D eigenvalue weighted by Gasteiger charge is -2.05. The van der Waals surface area contributed by atoms with Crippen molar-refractivity contribution in [2.45, 2.75) is 6.54 Å². The van der Waals surface area contributed by atoms with E-state index < -0.39 is 5.97 Å². The van der Waals surface area contributed by atoms with Gasteiger partial charge in [0.1, 0.15) is 11.3 Å². The van der Waals surface area contributed by atoms with Gasteiger partial charge < -0.3 is 14.1 Å². The van der Waals surface area contributed by atoms with Gasteiger partial charge >= 0.3 is 5.97 Å². The number of fused-ring (bicyclic) bond motifs is 2. The summed E-state index contributed by atoms with van der Waals surface area (Å²) >= 11 is 0. The molecule has 4 rings (SSSR count). The van der Waals surface area contributed by atoms with Gasteiger partial charge in [0.15, 0.2) is 0 Å². The Morgan fingerprint density at radius 1 is 1.05 bits per heavy atom. The molecule has 0 saturated carbocycles. The minimum atomic E-state index is -0.921. The quantitative estimate of drug-likeness (QED) is 0.617. The number of nitrogens with zero attached hydrogens (tertiary/aromatic N) is 1. The van der Waals surface area contributed by atoms with Crippen LogP contribution in [0.5, 0.6) is 0 Å². The zero-order valence-electron chi connectivity index (χ0n) is 11.7. The third kappa shape index (κ3) is 1.97. The van der Waals surface area contributed by atoms with Gasteiger partial charge in [0.05, 0.1) is 17.6 Å². The molecule has 0 aliphatic carbocycles. The lowest BCUT2D eigenvalue weighted by atomic mass is 10.1. The molecule has 4 nitrogen and oxygen atoms in total. The van der Waals surface area contributed by atoms with Crippen LogP contribution >= 0.6 is 0 Å². The van der Waals surface area contributed by atoms with E-state index in [1.807, 2.05) is 53.2 Å². The molecule has 22 heavy (non-hydrogen) atoms. The molecule has 0 fully saturated rings. The molecular weight excluding hydrogens is 278 g/mol.